The minimum Gasteiger partial charge on any atom is -0.379 e. The number of hydroxylamine groups is 2. The second kappa shape index (κ2) is 13.0. The van der Waals surface area contributed by atoms with Gasteiger partial charge in [-0.3, -0.25) is 24.5 Å². The molecule has 2 rings (SSSR count). The smallest absolute Gasteiger partial charge is 0.243 e. The molecule has 0 radical (unpaired) electrons. The second-order valence-electron chi connectivity index (χ2n) is 9.72. The van der Waals surface area contributed by atoms with Gasteiger partial charge in [-0.05, 0) is 36.5 Å². The first-order valence-corrected chi connectivity index (χ1v) is 12.0. The van der Waals surface area contributed by atoms with Gasteiger partial charge >= 0.3 is 0 Å². The van der Waals surface area contributed by atoms with Crippen LogP contribution < -0.4 is 10.6 Å². The Kier molecular flexibility index (Phi) is 10.8. The van der Waals surface area contributed by atoms with Gasteiger partial charge < -0.3 is 15.4 Å². The molecule has 3 atom stereocenters. The van der Waals surface area contributed by atoms with Crippen molar-refractivity contribution in [3.05, 3.63) is 34.9 Å². The molecule has 0 bridgehead atoms. The van der Waals surface area contributed by atoms with E-state index in [2.05, 4.69) is 15.5 Å². The normalized spacial score (nSPS) is 17.4. The number of carbonyl (C=O) groups excluding carboxylic acids is 3. The van der Waals surface area contributed by atoms with Gasteiger partial charge in [0.05, 0.1) is 25.2 Å². The van der Waals surface area contributed by atoms with Crippen molar-refractivity contribution < 1.29 is 24.3 Å². The highest BCUT2D eigenvalue weighted by Crippen LogP contribution is 2.23. The lowest BCUT2D eigenvalue weighted by Gasteiger charge is -2.34. The average Bonchev–Trinajstić information content (AvgIpc) is 2.80. The number of hydrogen-bond acceptors (Lipinski definition) is 6. The van der Waals surface area contributed by atoms with E-state index in [4.69, 9.17) is 16.3 Å². The van der Waals surface area contributed by atoms with E-state index in [-0.39, 0.29) is 18.7 Å². The lowest BCUT2D eigenvalue weighted by Crippen LogP contribution is -2.57. The van der Waals surface area contributed by atoms with Crippen LogP contribution in [0.1, 0.15) is 33.3 Å². The van der Waals surface area contributed by atoms with Crippen LogP contribution in [0.4, 0.5) is 0 Å². The van der Waals surface area contributed by atoms with Crippen molar-refractivity contribution in [2.24, 2.45) is 11.3 Å². The summed E-state index contributed by atoms with van der Waals surface area (Å²) in [6, 6.07) is 5.40. The Balaban J connectivity index is 2.10. The highest BCUT2D eigenvalue weighted by Gasteiger charge is 2.37. The summed E-state index contributed by atoms with van der Waals surface area (Å²) in [6.45, 7) is 11.4. The molecule has 190 valence electrons. The summed E-state index contributed by atoms with van der Waals surface area (Å²) in [5, 5.41) is 16.8. The highest BCUT2D eigenvalue weighted by molar-refractivity contribution is 6.30. The number of hydrogen-bond donors (Lipinski definition) is 3. The van der Waals surface area contributed by atoms with Crippen molar-refractivity contribution in [1.82, 2.24) is 20.6 Å². The maximum absolute atomic E-state index is 13.4. The number of carbonyl (C=O) groups is 3. The molecule has 1 aromatic carbocycles. The van der Waals surface area contributed by atoms with Crippen LogP contribution >= 0.6 is 11.6 Å². The molecule has 1 aromatic rings. The number of morpholine rings is 1. The predicted octanol–water partition coefficient (Wildman–Crippen LogP) is 1.71. The van der Waals surface area contributed by atoms with Crippen LogP contribution in [0.15, 0.2) is 24.3 Å². The first kappa shape index (κ1) is 28.0. The van der Waals surface area contributed by atoms with Crippen LogP contribution in [0, 0.1) is 11.3 Å². The Labute approximate surface area is 206 Å². The third kappa shape index (κ3) is 8.54. The zero-order valence-electron chi connectivity index (χ0n) is 20.4. The van der Waals surface area contributed by atoms with E-state index in [1.807, 2.05) is 20.8 Å². The molecule has 0 saturated carbocycles. The summed E-state index contributed by atoms with van der Waals surface area (Å²) in [5.41, 5.74) is 0.258. The highest BCUT2D eigenvalue weighted by atomic mass is 35.5. The van der Waals surface area contributed by atoms with Gasteiger partial charge in [0.1, 0.15) is 6.04 Å². The Morgan fingerprint density at radius 1 is 1.21 bits per heavy atom. The maximum Gasteiger partial charge on any atom is 0.243 e. The third-order valence-electron chi connectivity index (χ3n) is 6.06. The fourth-order valence-corrected chi connectivity index (χ4v) is 3.95. The summed E-state index contributed by atoms with van der Waals surface area (Å²) in [6.07, 6.45) is 0.525. The van der Waals surface area contributed by atoms with E-state index < -0.39 is 29.3 Å². The fraction of sp³-hybridized carbons (Fsp3) is 0.625. The van der Waals surface area contributed by atoms with Crippen molar-refractivity contribution in [2.45, 2.75) is 46.2 Å². The van der Waals surface area contributed by atoms with E-state index in [1.165, 1.54) is 0 Å². The Morgan fingerprint density at radius 3 is 2.38 bits per heavy atom. The first-order valence-electron chi connectivity index (χ1n) is 11.6. The molecule has 9 nitrogen and oxygen atoms in total. The number of nitrogens with one attached hydrogen (secondary N) is 2. The van der Waals surface area contributed by atoms with Gasteiger partial charge in [-0.2, -0.15) is 0 Å². The molecule has 1 saturated heterocycles. The molecular formula is C24H37ClN4O5. The summed E-state index contributed by atoms with van der Waals surface area (Å²) < 4.78 is 5.34. The van der Waals surface area contributed by atoms with Gasteiger partial charge in [0.15, 0.2) is 0 Å². The van der Waals surface area contributed by atoms with E-state index in [9.17, 15) is 19.6 Å². The quantitative estimate of drug-likeness (QED) is 0.244. The molecule has 1 aliphatic rings. The number of rotatable bonds is 11. The van der Waals surface area contributed by atoms with Gasteiger partial charge in [-0.25, -0.2) is 5.06 Å². The van der Waals surface area contributed by atoms with Gasteiger partial charge in [0.2, 0.25) is 18.2 Å². The molecule has 3 amide bonds. The minimum atomic E-state index is -0.807. The first-order chi connectivity index (χ1) is 16.0. The topological polar surface area (TPSA) is 111 Å². The molecule has 1 fully saturated rings. The number of ether oxygens (including phenoxy) is 1. The molecule has 0 aromatic heterocycles. The average molecular weight is 497 g/mol. The molecular weight excluding hydrogens is 460 g/mol. The van der Waals surface area contributed by atoms with E-state index in [0.29, 0.717) is 36.4 Å². The molecule has 1 unspecified atom stereocenters. The van der Waals surface area contributed by atoms with Crippen LogP contribution in [0.2, 0.25) is 5.02 Å². The lowest BCUT2D eigenvalue weighted by molar-refractivity contribution is -0.166. The maximum atomic E-state index is 13.4. The molecule has 1 aliphatic heterocycles. The number of benzene rings is 1. The minimum absolute atomic E-state index is 0.255. The zero-order valence-corrected chi connectivity index (χ0v) is 21.2. The van der Waals surface area contributed by atoms with E-state index in [0.717, 1.165) is 18.7 Å². The Hall–Kier alpha value is -2.20. The third-order valence-corrected chi connectivity index (χ3v) is 6.31. The van der Waals surface area contributed by atoms with Gasteiger partial charge in [-0.15, -0.1) is 0 Å². The zero-order chi connectivity index (χ0) is 25.3. The fourth-order valence-electron chi connectivity index (χ4n) is 3.83. The van der Waals surface area contributed by atoms with E-state index >= 15 is 0 Å². The van der Waals surface area contributed by atoms with Gasteiger partial charge in [0.25, 0.3) is 0 Å². The summed E-state index contributed by atoms with van der Waals surface area (Å²) in [4.78, 5) is 39.8. The summed E-state index contributed by atoms with van der Waals surface area (Å²) in [7, 11) is 0. The lowest BCUT2D eigenvalue weighted by atomic mass is 9.84. The van der Waals surface area contributed by atoms with Crippen molar-refractivity contribution >= 4 is 29.8 Å². The molecule has 0 spiro atoms. The molecule has 1 heterocycles. The van der Waals surface area contributed by atoms with Crippen LogP contribution in [0.3, 0.4) is 0 Å². The van der Waals surface area contributed by atoms with Gasteiger partial charge in [-0.1, -0.05) is 44.5 Å². The van der Waals surface area contributed by atoms with Crippen LogP contribution in [-0.2, 0) is 25.5 Å². The number of nitrogens with zero attached hydrogens (tertiary/aromatic N) is 2. The van der Waals surface area contributed by atoms with E-state index in [1.54, 1.807) is 31.2 Å². The largest absolute Gasteiger partial charge is 0.379 e. The standard InChI is InChI=1S/C24H37ClN4O5/c1-17(29(33)16-30)20(15-18-5-7-19(25)8-6-18)22(31)27-21(24(2,3)4)23(32)26-9-10-28-11-13-34-14-12-28/h5-8,16-17,20-21,33H,9-15H2,1-4H3,(H,26,32)(H,27,31)/t17-,20+,21?/m0/s1. The summed E-state index contributed by atoms with van der Waals surface area (Å²) in [5.74, 6) is -1.49. The van der Waals surface area contributed by atoms with Crippen molar-refractivity contribution in [1.29, 1.82) is 0 Å². The number of halogens is 1. The summed E-state index contributed by atoms with van der Waals surface area (Å²) >= 11 is 5.96. The van der Waals surface area contributed by atoms with Crippen molar-refractivity contribution in [3.63, 3.8) is 0 Å². The number of amides is 3. The predicted molar refractivity (Wildman–Crippen MR) is 129 cm³/mol. The molecule has 10 heteroatoms. The SMILES string of the molecule is C[C@@H]([C@@H](Cc1ccc(Cl)cc1)C(=O)NC(C(=O)NCCN1CCOCC1)C(C)(C)C)N(O)C=O. The molecule has 0 aliphatic carbocycles. The Bertz CT molecular complexity index is 809. The Morgan fingerprint density at radius 2 is 1.82 bits per heavy atom. The molecule has 34 heavy (non-hydrogen) atoms. The van der Waals surface area contributed by atoms with Crippen molar-refractivity contribution in [2.75, 3.05) is 39.4 Å². The van der Waals surface area contributed by atoms with Gasteiger partial charge in [0, 0.05) is 31.2 Å². The monoisotopic (exact) mass is 496 g/mol. The molecule has 3 N–H and O–H groups in total. The van der Waals surface area contributed by atoms with Crippen LogP contribution in [0.25, 0.3) is 0 Å². The van der Waals surface area contributed by atoms with Crippen LogP contribution in [-0.4, -0.2) is 84.9 Å². The second-order valence-corrected chi connectivity index (χ2v) is 10.2. The van der Waals surface area contributed by atoms with Crippen molar-refractivity contribution in [3.8, 4) is 0 Å². The van der Waals surface area contributed by atoms with Crippen LogP contribution in [0.5, 0.6) is 0 Å².